The van der Waals surface area contributed by atoms with Gasteiger partial charge in [0.25, 0.3) is 0 Å². The van der Waals surface area contributed by atoms with Crippen LogP contribution in [0.4, 0.5) is 4.39 Å². The molecule has 2 aliphatic heterocycles. The summed E-state index contributed by atoms with van der Waals surface area (Å²) in [6.07, 6.45) is 2.35. The fourth-order valence-corrected chi connectivity index (χ4v) is 4.84. The number of amides is 2. The minimum absolute atomic E-state index is 0.0139. The summed E-state index contributed by atoms with van der Waals surface area (Å²) in [5.41, 5.74) is 0.192. The molecule has 2 aromatic carbocycles. The van der Waals surface area contributed by atoms with Gasteiger partial charge in [0.1, 0.15) is 11.6 Å². The first-order chi connectivity index (χ1) is 16.9. The van der Waals surface area contributed by atoms with Crippen molar-refractivity contribution < 1.29 is 23.5 Å². The Morgan fingerprint density at radius 2 is 1.60 bits per heavy atom. The van der Waals surface area contributed by atoms with Gasteiger partial charge < -0.3 is 19.3 Å². The van der Waals surface area contributed by atoms with Crippen LogP contribution in [0.15, 0.2) is 48.5 Å². The van der Waals surface area contributed by atoms with E-state index >= 15 is 0 Å². The van der Waals surface area contributed by atoms with Crippen LogP contribution in [0.1, 0.15) is 31.2 Å². The number of rotatable bonds is 8. The van der Waals surface area contributed by atoms with Crippen molar-refractivity contribution in [1.82, 2.24) is 9.80 Å². The van der Waals surface area contributed by atoms with E-state index < -0.39 is 0 Å². The number of morpholine rings is 1. The van der Waals surface area contributed by atoms with Gasteiger partial charge in [-0.3, -0.25) is 9.59 Å². The van der Waals surface area contributed by atoms with Gasteiger partial charge in [-0.1, -0.05) is 29.8 Å². The zero-order valence-corrected chi connectivity index (χ0v) is 20.6. The summed E-state index contributed by atoms with van der Waals surface area (Å²) >= 11 is 5.99. The Kier molecular flexibility index (Phi) is 8.63. The molecule has 0 atom stereocenters. The second kappa shape index (κ2) is 11.9. The highest BCUT2D eigenvalue weighted by atomic mass is 35.5. The lowest BCUT2D eigenvalue weighted by Crippen LogP contribution is -2.49. The fraction of sp³-hybridized carbons (Fsp3) is 0.481. The Morgan fingerprint density at radius 3 is 2.29 bits per heavy atom. The molecule has 0 N–H and O–H groups in total. The number of aryl methyl sites for hydroxylation is 1. The molecule has 0 radical (unpaired) electrons. The van der Waals surface area contributed by atoms with Gasteiger partial charge in [0.2, 0.25) is 11.8 Å². The lowest BCUT2D eigenvalue weighted by molar-refractivity contribution is -0.141. The molecule has 6 nitrogen and oxygen atoms in total. The van der Waals surface area contributed by atoms with E-state index in [0.717, 1.165) is 0 Å². The largest absolute Gasteiger partial charge is 0.493 e. The van der Waals surface area contributed by atoms with Crippen LogP contribution < -0.4 is 4.74 Å². The molecule has 0 spiro atoms. The molecular formula is C27H32ClFN2O4. The highest BCUT2D eigenvalue weighted by Gasteiger charge is 2.39. The summed E-state index contributed by atoms with van der Waals surface area (Å²) in [4.78, 5) is 29.7. The SMILES string of the molecule is O=C(CCc1ccccc1F)N1CCC(COc2ccc(Cl)cc2)(CC(=O)N2CCOCC2)CC1. The highest BCUT2D eigenvalue weighted by molar-refractivity contribution is 6.30. The Balaban J connectivity index is 1.37. The first kappa shape index (κ1) is 25.5. The van der Waals surface area contributed by atoms with Crippen molar-refractivity contribution in [2.75, 3.05) is 46.0 Å². The summed E-state index contributed by atoms with van der Waals surface area (Å²) in [5, 5.41) is 0.636. The molecule has 0 aromatic heterocycles. The molecule has 2 aliphatic rings. The van der Waals surface area contributed by atoms with Gasteiger partial charge in [-0.15, -0.1) is 0 Å². The number of ether oxygens (including phenoxy) is 2. The molecule has 0 unspecified atom stereocenters. The van der Waals surface area contributed by atoms with Crippen molar-refractivity contribution in [1.29, 1.82) is 0 Å². The van der Waals surface area contributed by atoms with Crippen molar-refractivity contribution in [3.8, 4) is 5.75 Å². The lowest BCUT2D eigenvalue weighted by atomic mass is 9.75. The van der Waals surface area contributed by atoms with Crippen LogP contribution >= 0.6 is 11.6 Å². The Labute approximate surface area is 210 Å². The monoisotopic (exact) mass is 502 g/mol. The molecule has 2 heterocycles. The van der Waals surface area contributed by atoms with Crippen molar-refractivity contribution in [2.45, 2.75) is 32.1 Å². The van der Waals surface area contributed by atoms with E-state index in [1.165, 1.54) is 6.07 Å². The lowest BCUT2D eigenvalue weighted by Gasteiger charge is -2.42. The number of likely N-dealkylation sites (tertiary alicyclic amines) is 1. The summed E-state index contributed by atoms with van der Waals surface area (Å²) in [7, 11) is 0. The van der Waals surface area contributed by atoms with E-state index in [1.807, 2.05) is 21.9 Å². The molecule has 8 heteroatoms. The summed E-state index contributed by atoms with van der Waals surface area (Å²) in [5.74, 6) is 0.544. The van der Waals surface area contributed by atoms with Crippen LogP contribution in [0.3, 0.4) is 0 Å². The number of carbonyl (C=O) groups is 2. The van der Waals surface area contributed by atoms with Crippen LogP contribution in [0.5, 0.6) is 5.75 Å². The predicted molar refractivity (Wildman–Crippen MR) is 132 cm³/mol. The highest BCUT2D eigenvalue weighted by Crippen LogP contribution is 2.37. The number of hydrogen-bond acceptors (Lipinski definition) is 4. The number of benzene rings is 2. The van der Waals surface area contributed by atoms with Gasteiger partial charge in [0.05, 0.1) is 19.8 Å². The summed E-state index contributed by atoms with van der Waals surface area (Å²) in [6.45, 7) is 3.82. The first-order valence-corrected chi connectivity index (χ1v) is 12.6. The van der Waals surface area contributed by atoms with E-state index in [9.17, 15) is 14.0 Å². The Hall–Kier alpha value is -2.64. The van der Waals surface area contributed by atoms with Gasteiger partial charge in [-0.2, -0.15) is 0 Å². The number of carbonyl (C=O) groups excluding carboxylic acids is 2. The molecule has 2 aromatic rings. The summed E-state index contributed by atoms with van der Waals surface area (Å²) < 4.78 is 25.4. The quantitative estimate of drug-likeness (QED) is 0.538. The smallest absolute Gasteiger partial charge is 0.223 e. The number of piperidine rings is 1. The molecular weight excluding hydrogens is 471 g/mol. The number of halogens is 2. The Morgan fingerprint density at radius 1 is 0.943 bits per heavy atom. The van der Waals surface area contributed by atoms with Crippen LogP contribution in [0.25, 0.3) is 0 Å². The maximum absolute atomic E-state index is 13.9. The molecule has 0 saturated carbocycles. The van der Waals surface area contributed by atoms with Crippen molar-refractivity contribution in [2.24, 2.45) is 5.41 Å². The molecule has 188 valence electrons. The zero-order valence-electron chi connectivity index (χ0n) is 19.9. The fourth-order valence-electron chi connectivity index (χ4n) is 4.72. The third-order valence-electron chi connectivity index (χ3n) is 6.99. The second-order valence-electron chi connectivity index (χ2n) is 9.38. The van der Waals surface area contributed by atoms with Gasteiger partial charge >= 0.3 is 0 Å². The van der Waals surface area contributed by atoms with E-state index in [0.29, 0.717) is 88.0 Å². The zero-order chi connectivity index (χ0) is 24.7. The predicted octanol–water partition coefficient (Wildman–Crippen LogP) is 4.35. The molecule has 2 fully saturated rings. The third kappa shape index (κ3) is 6.95. The molecule has 2 saturated heterocycles. The molecule has 35 heavy (non-hydrogen) atoms. The molecule has 0 aliphatic carbocycles. The van der Waals surface area contributed by atoms with E-state index in [1.54, 1.807) is 30.3 Å². The minimum Gasteiger partial charge on any atom is -0.493 e. The van der Waals surface area contributed by atoms with Crippen LogP contribution in [0.2, 0.25) is 5.02 Å². The molecule has 2 amide bonds. The van der Waals surface area contributed by atoms with Crippen molar-refractivity contribution >= 4 is 23.4 Å². The topological polar surface area (TPSA) is 59.1 Å². The average molecular weight is 503 g/mol. The Bertz CT molecular complexity index is 1000. The van der Waals surface area contributed by atoms with E-state index in [-0.39, 0.29) is 29.5 Å². The molecule has 4 rings (SSSR count). The molecule has 0 bridgehead atoms. The standard InChI is InChI=1S/C27H32ClFN2O4/c28-22-6-8-23(9-7-22)35-20-27(19-26(33)31-15-17-34-18-16-31)11-13-30(14-12-27)25(32)10-5-21-3-1-2-4-24(21)29/h1-4,6-9H,5,10-20H2. The van der Waals surface area contributed by atoms with Gasteiger partial charge in [-0.05, 0) is 55.2 Å². The second-order valence-corrected chi connectivity index (χ2v) is 9.82. The minimum atomic E-state index is -0.364. The van der Waals surface area contributed by atoms with Crippen LogP contribution in [-0.4, -0.2) is 67.6 Å². The number of nitrogens with zero attached hydrogens (tertiary/aromatic N) is 2. The number of hydrogen-bond donors (Lipinski definition) is 0. The maximum Gasteiger partial charge on any atom is 0.223 e. The van der Waals surface area contributed by atoms with Crippen molar-refractivity contribution in [3.05, 3.63) is 64.9 Å². The average Bonchev–Trinajstić information content (AvgIpc) is 2.89. The van der Waals surface area contributed by atoms with E-state index in [2.05, 4.69) is 0 Å². The van der Waals surface area contributed by atoms with Gasteiger partial charge in [0, 0.05) is 49.5 Å². The van der Waals surface area contributed by atoms with E-state index in [4.69, 9.17) is 21.1 Å². The summed E-state index contributed by atoms with van der Waals surface area (Å²) in [6, 6.07) is 13.8. The van der Waals surface area contributed by atoms with Crippen molar-refractivity contribution in [3.63, 3.8) is 0 Å². The van der Waals surface area contributed by atoms with Gasteiger partial charge in [-0.25, -0.2) is 4.39 Å². The van der Waals surface area contributed by atoms with Gasteiger partial charge in [0.15, 0.2) is 0 Å². The maximum atomic E-state index is 13.9. The van der Waals surface area contributed by atoms with Crippen LogP contribution in [0, 0.1) is 11.2 Å². The third-order valence-corrected chi connectivity index (χ3v) is 7.24. The first-order valence-electron chi connectivity index (χ1n) is 12.2. The van der Waals surface area contributed by atoms with Crippen LogP contribution in [-0.2, 0) is 20.7 Å². The normalized spacial score (nSPS) is 17.8.